The molecule has 22 heavy (non-hydrogen) atoms. The summed E-state index contributed by atoms with van der Waals surface area (Å²) in [6.45, 7) is 0.195. The van der Waals surface area contributed by atoms with Crippen molar-refractivity contribution in [3.63, 3.8) is 0 Å². The Morgan fingerprint density at radius 2 is 1.86 bits per heavy atom. The van der Waals surface area contributed by atoms with Gasteiger partial charge in [0.2, 0.25) is 0 Å². The van der Waals surface area contributed by atoms with Crippen molar-refractivity contribution in [1.29, 1.82) is 0 Å². The molecule has 1 aromatic heterocycles. The molecule has 4 heteroatoms. The molecule has 0 bridgehead atoms. The molecule has 0 atom stereocenters. The van der Waals surface area contributed by atoms with Crippen LogP contribution < -0.4 is 4.74 Å². The lowest BCUT2D eigenvalue weighted by molar-refractivity contribution is 0.0972. The van der Waals surface area contributed by atoms with Crippen LogP contribution in [0.15, 0.2) is 54.7 Å². The summed E-state index contributed by atoms with van der Waals surface area (Å²) < 4.78 is 6.90. The smallest absolute Gasteiger partial charge is 0.182 e. The van der Waals surface area contributed by atoms with Gasteiger partial charge in [-0.25, -0.2) is 0 Å². The number of aromatic nitrogens is 1. The Hall–Kier alpha value is -2.88. The van der Waals surface area contributed by atoms with Crippen LogP contribution in [0.1, 0.15) is 20.7 Å². The highest BCUT2D eigenvalue weighted by atomic mass is 16.5. The lowest BCUT2D eigenvalue weighted by atomic mass is 10.1. The summed E-state index contributed by atoms with van der Waals surface area (Å²) in [6.07, 6.45) is 2.54. The summed E-state index contributed by atoms with van der Waals surface area (Å²) >= 11 is 0. The minimum absolute atomic E-state index is 0.0131. The molecule has 0 aliphatic heterocycles. The topological polar surface area (TPSA) is 48.3 Å². The second kappa shape index (κ2) is 5.85. The quantitative estimate of drug-likeness (QED) is 0.535. The molecule has 0 amide bonds. The maximum absolute atomic E-state index is 12.4. The van der Waals surface area contributed by atoms with E-state index in [0.29, 0.717) is 16.9 Å². The zero-order chi connectivity index (χ0) is 15.5. The Morgan fingerprint density at radius 3 is 2.55 bits per heavy atom. The molecule has 0 aliphatic rings. The van der Waals surface area contributed by atoms with Gasteiger partial charge >= 0.3 is 0 Å². The Bertz CT molecular complexity index is 831. The van der Waals surface area contributed by atoms with Crippen molar-refractivity contribution < 1.29 is 14.3 Å². The number of methoxy groups -OCH3 is 1. The van der Waals surface area contributed by atoms with Crippen molar-refractivity contribution in [3.8, 4) is 5.75 Å². The molecule has 3 rings (SSSR count). The van der Waals surface area contributed by atoms with Crippen molar-refractivity contribution in [2.24, 2.45) is 0 Å². The van der Waals surface area contributed by atoms with Crippen LogP contribution in [-0.4, -0.2) is 23.7 Å². The molecule has 1 heterocycles. The number of hydrogen-bond acceptors (Lipinski definition) is 3. The Morgan fingerprint density at radius 1 is 1.14 bits per heavy atom. The molecule has 2 aromatic carbocycles. The Labute approximate surface area is 127 Å². The summed E-state index contributed by atoms with van der Waals surface area (Å²) in [4.78, 5) is 23.6. The first-order valence-corrected chi connectivity index (χ1v) is 6.93. The maximum Gasteiger partial charge on any atom is 0.182 e. The number of ether oxygens (including phenoxy) is 1. The van der Waals surface area contributed by atoms with Gasteiger partial charge in [0.15, 0.2) is 12.1 Å². The lowest BCUT2D eigenvalue weighted by Gasteiger charge is -2.06. The van der Waals surface area contributed by atoms with Gasteiger partial charge < -0.3 is 9.30 Å². The predicted molar refractivity (Wildman–Crippen MR) is 84.7 cm³/mol. The van der Waals surface area contributed by atoms with E-state index in [4.69, 9.17) is 4.74 Å². The summed E-state index contributed by atoms with van der Waals surface area (Å²) in [5, 5.41) is 0.861. The number of carbonyl (C=O) groups is 2. The van der Waals surface area contributed by atoms with Crippen LogP contribution in [0.2, 0.25) is 0 Å². The summed E-state index contributed by atoms with van der Waals surface area (Å²) in [5.41, 5.74) is 2.09. The van der Waals surface area contributed by atoms with E-state index < -0.39 is 0 Å². The van der Waals surface area contributed by atoms with Crippen LogP contribution >= 0.6 is 0 Å². The Balaban J connectivity index is 1.92. The first kappa shape index (κ1) is 14.1. The SMILES string of the molecule is COc1ccc(C(=O)Cn2cc(C=O)c3ccccc32)cc1. The molecule has 0 fully saturated rings. The highest BCUT2D eigenvalue weighted by Gasteiger charge is 2.12. The van der Waals surface area contributed by atoms with Crippen molar-refractivity contribution in [1.82, 2.24) is 4.57 Å². The van der Waals surface area contributed by atoms with Crippen molar-refractivity contribution in [2.45, 2.75) is 6.54 Å². The second-order valence-corrected chi connectivity index (χ2v) is 5.00. The van der Waals surface area contributed by atoms with E-state index in [0.717, 1.165) is 17.2 Å². The molecular weight excluding hydrogens is 278 g/mol. The molecule has 0 saturated carbocycles. The fourth-order valence-electron chi connectivity index (χ4n) is 2.52. The zero-order valence-electron chi connectivity index (χ0n) is 12.2. The normalized spacial score (nSPS) is 10.6. The van der Waals surface area contributed by atoms with Crippen molar-refractivity contribution in [3.05, 3.63) is 65.9 Å². The van der Waals surface area contributed by atoms with Crippen molar-refractivity contribution >= 4 is 23.0 Å². The predicted octanol–water partition coefficient (Wildman–Crippen LogP) is 3.35. The van der Waals surface area contributed by atoms with Crippen LogP contribution in [0.3, 0.4) is 0 Å². The van der Waals surface area contributed by atoms with E-state index in [-0.39, 0.29) is 12.3 Å². The molecule has 3 aromatic rings. The number of carbonyl (C=O) groups excluding carboxylic acids is 2. The average Bonchev–Trinajstić information content (AvgIpc) is 2.93. The summed E-state index contributed by atoms with van der Waals surface area (Å²) in [6, 6.07) is 14.6. The minimum atomic E-state index is -0.0131. The number of ketones is 1. The second-order valence-electron chi connectivity index (χ2n) is 5.00. The number of benzene rings is 2. The van der Waals surface area contributed by atoms with Crippen LogP contribution in [0, 0.1) is 0 Å². The molecule has 0 spiro atoms. The van der Waals surface area contributed by atoms with Gasteiger partial charge in [0.1, 0.15) is 5.75 Å². The molecule has 0 saturated heterocycles. The van der Waals surface area contributed by atoms with Gasteiger partial charge in [-0.1, -0.05) is 18.2 Å². The largest absolute Gasteiger partial charge is 0.497 e. The molecular formula is C18H15NO3. The molecule has 4 nitrogen and oxygen atoms in total. The monoisotopic (exact) mass is 293 g/mol. The number of nitrogens with zero attached hydrogens (tertiary/aromatic N) is 1. The van der Waals surface area contributed by atoms with E-state index in [2.05, 4.69) is 0 Å². The Kier molecular flexibility index (Phi) is 3.74. The molecule has 0 unspecified atom stereocenters. The standard InChI is InChI=1S/C18H15NO3/c1-22-15-8-6-13(7-9-15)18(21)11-19-10-14(12-20)16-4-2-3-5-17(16)19/h2-10,12H,11H2,1H3. The number of para-hydroxylation sites is 1. The zero-order valence-corrected chi connectivity index (χ0v) is 12.2. The molecule has 0 N–H and O–H groups in total. The molecule has 0 radical (unpaired) electrons. The van der Waals surface area contributed by atoms with Gasteiger partial charge in [-0.05, 0) is 30.3 Å². The van der Waals surface area contributed by atoms with Crippen LogP contribution in [0.4, 0.5) is 0 Å². The van der Waals surface area contributed by atoms with E-state index in [1.165, 1.54) is 0 Å². The van der Waals surface area contributed by atoms with Crippen LogP contribution in [-0.2, 0) is 6.54 Å². The highest BCUT2D eigenvalue weighted by Crippen LogP contribution is 2.21. The number of Topliss-reactive ketones (excluding diaryl/α,β-unsaturated/α-hetero) is 1. The average molecular weight is 293 g/mol. The number of rotatable bonds is 5. The first-order valence-electron chi connectivity index (χ1n) is 6.93. The summed E-state index contributed by atoms with van der Waals surface area (Å²) in [5.74, 6) is 0.701. The van der Waals surface area contributed by atoms with Gasteiger partial charge in [-0.15, -0.1) is 0 Å². The van der Waals surface area contributed by atoms with Gasteiger partial charge in [-0.2, -0.15) is 0 Å². The van der Waals surface area contributed by atoms with E-state index >= 15 is 0 Å². The van der Waals surface area contributed by atoms with Gasteiger partial charge in [0.25, 0.3) is 0 Å². The number of fused-ring (bicyclic) bond motifs is 1. The van der Waals surface area contributed by atoms with E-state index in [9.17, 15) is 9.59 Å². The third-order valence-corrected chi connectivity index (χ3v) is 3.67. The van der Waals surface area contributed by atoms with E-state index in [1.807, 2.05) is 28.8 Å². The van der Waals surface area contributed by atoms with E-state index in [1.54, 1.807) is 37.6 Å². The lowest BCUT2D eigenvalue weighted by Crippen LogP contribution is -2.09. The fraction of sp³-hybridized carbons (Fsp3) is 0.111. The van der Waals surface area contributed by atoms with Crippen LogP contribution in [0.5, 0.6) is 5.75 Å². The molecule has 0 aliphatic carbocycles. The van der Waals surface area contributed by atoms with Crippen LogP contribution in [0.25, 0.3) is 10.9 Å². The number of hydrogen-bond donors (Lipinski definition) is 0. The summed E-state index contributed by atoms with van der Waals surface area (Å²) in [7, 11) is 1.59. The van der Waals surface area contributed by atoms with Gasteiger partial charge in [-0.3, -0.25) is 9.59 Å². The highest BCUT2D eigenvalue weighted by molar-refractivity contribution is 6.00. The first-order chi connectivity index (χ1) is 10.7. The third kappa shape index (κ3) is 2.51. The third-order valence-electron chi connectivity index (χ3n) is 3.67. The van der Waals surface area contributed by atoms with Crippen molar-refractivity contribution in [2.75, 3.05) is 7.11 Å². The van der Waals surface area contributed by atoms with Gasteiger partial charge in [0, 0.05) is 28.2 Å². The fourth-order valence-corrected chi connectivity index (χ4v) is 2.52. The number of aldehydes is 1. The minimum Gasteiger partial charge on any atom is -0.497 e. The van der Waals surface area contributed by atoms with Gasteiger partial charge in [0.05, 0.1) is 13.7 Å². The molecule has 110 valence electrons. The maximum atomic E-state index is 12.4.